The summed E-state index contributed by atoms with van der Waals surface area (Å²) in [4.78, 5) is 23.9. The Labute approximate surface area is 117 Å². The van der Waals surface area contributed by atoms with Gasteiger partial charge in [0.15, 0.2) is 6.61 Å². The van der Waals surface area contributed by atoms with Crippen LogP contribution in [0.3, 0.4) is 0 Å². The molecular formula is C13H12F3NO4. The third-order valence-corrected chi connectivity index (χ3v) is 3.02. The highest BCUT2D eigenvalue weighted by atomic mass is 19.4. The maximum Gasteiger partial charge on any atom is 0.422 e. The fourth-order valence-corrected chi connectivity index (χ4v) is 2.07. The van der Waals surface area contributed by atoms with Gasteiger partial charge in [0.05, 0.1) is 11.6 Å². The Kier molecular flexibility index (Phi) is 4.06. The third kappa shape index (κ3) is 3.65. The summed E-state index contributed by atoms with van der Waals surface area (Å²) in [5, 5.41) is 8.92. The van der Waals surface area contributed by atoms with Crippen LogP contribution in [0.5, 0.6) is 5.75 Å². The number of ether oxygens (including phenoxy) is 1. The second-order valence-electron chi connectivity index (χ2n) is 4.62. The SMILES string of the molecule is O=C(O)C1CC(=O)N(c2ccccc2OCC(F)(F)F)C1. The van der Waals surface area contributed by atoms with Crippen molar-refractivity contribution in [2.45, 2.75) is 12.6 Å². The van der Waals surface area contributed by atoms with Crippen LogP contribution in [0.1, 0.15) is 6.42 Å². The lowest BCUT2D eigenvalue weighted by Crippen LogP contribution is -2.27. The molecule has 1 saturated heterocycles. The van der Waals surface area contributed by atoms with Gasteiger partial charge in [0.1, 0.15) is 5.75 Å². The quantitative estimate of drug-likeness (QED) is 0.924. The molecule has 0 radical (unpaired) electrons. The lowest BCUT2D eigenvalue weighted by atomic mass is 10.1. The molecule has 1 atom stereocenters. The number of hydrogen-bond acceptors (Lipinski definition) is 3. The topological polar surface area (TPSA) is 66.8 Å². The van der Waals surface area contributed by atoms with E-state index in [4.69, 9.17) is 9.84 Å². The highest BCUT2D eigenvalue weighted by molar-refractivity contribution is 6.00. The van der Waals surface area contributed by atoms with Gasteiger partial charge in [0.25, 0.3) is 0 Å². The maximum absolute atomic E-state index is 12.2. The lowest BCUT2D eigenvalue weighted by Gasteiger charge is -2.20. The van der Waals surface area contributed by atoms with Crippen molar-refractivity contribution in [3.63, 3.8) is 0 Å². The van der Waals surface area contributed by atoms with E-state index in [-0.39, 0.29) is 24.4 Å². The minimum Gasteiger partial charge on any atom is -0.482 e. The van der Waals surface area contributed by atoms with Crippen molar-refractivity contribution < 1.29 is 32.6 Å². The number of carbonyl (C=O) groups is 2. The first-order valence-electron chi connectivity index (χ1n) is 6.09. The molecule has 8 heteroatoms. The molecule has 1 amide bonds. The standard InChI is InChI=1S/C13H12F3NO4/c14-13(15,16)7-21-10-4-2-1-3-9(10)17-6-8(12(19)20)5-11(17)18/h1-4,8H,5-7H2,(H,19,20). The Morgan fingerprint density at radius 3 is 2.62 bits per heavy atom. The molecule has 2 rings (SSSR count). The van der Waals surface area contributed by atoms with Gasteiger partial charge in [0.2, 0.25) is 5.91 Å². The Morgan fingerprint density at radius 1 is 1.38 bits per heavy atom. The number of rotatable bonds is 4. The molecule has 1 aromatic rings. The summed E-state index contributed by atoms with van der Waals surface area (Å²) >= 11 is 0. The van der Waals surface area contributed by atoms with E-state index in [9.17, 15) is 22.8 Å². The fourth-order valence-electron chi connectivity index (χ4n) is 2.07. The van der Waals surface area contributed by atoms with Crippen LogP contribution in [0, 0.1) is 5.92 Å². The molecule has 0 spiro atoms. The van der Waals surface area contributed by atoms with Crippen molar-refractivity contribution in [3.8, 4) is 5.75 Å². The molecule has 0 bridgehead atoms. The molecule has 21 heavy (non-hydrogen) atoms. The van der Waals surface area contributed by atoms with Crippen molar-refractivity contribution >= 4 is 17.6 Å². The zero-order valence-electron chi connectivity index (χ0n) is 10.8. The van der Waals surface area contributed by atoms with Crippen LogP contribution in [-0.4, -0.2) is 36.3 Å². The molecule has 0 aromatic heterocycles. The van der Waals surface area contributed by atoms with Gasteiger partial charge in [0, 0.05) is 13.0 Å². The molecule has 1 heterocycles. The first-order chi connectivity index (χ1) is 9.78. The molecule has 0 aliphatic carbocycles. The molecule has 114 valence electrons. The third-order valence-electron chi connectivity index (χ3n) is 3.02. The van der Waals surface area contributed by atoms with E-state index in [0.29, 0.717) is 0 Å². The summed E-state index contributed by atoms with van der Waals surface area (Å²) in [6.45, 7) is -1.56. The zero-order chi connectivity index (χ0) is 15.6. The Hall–Kier alpha value is -2.25. The molecule has 1 aromatic carbocycles. The molecule has 0 saturated carbocycles. The van der Waals surface area contributed by atoms with Crippen molar-refractivity contribution in [2.75, 3.05) is 18.1 Å². The fraction of sp³-hybridized carbons (Fsp3) is 0.385. The van der Waals surface area contributed by atoms with Crippen LogP contribution in [0.15, 0.2) is 24.3 Å². The van der Waals surface area contributed by atoms with Crippen LogP contribution in [0.25, 0.3) is 0 Å². The molecule has 1 aliphatic heterocycles. The predicted octanol–water partition coefficient (Wildman–Crippen LogP) is 2.07. The maximum atomic E-state index is 12.2. The number of amides is 1. The average Bonchev–Trinajstić information content (AvgIpc) is 2.78. The van der Waals surface area contributed by atoms with E-state index in [1.54, 1.807) is 0 Å². The van der Waals surface area contributed by atoms with Gasteiger partial charge in [-0.05, 0) is 12.1 Å². The van der Waals surface area contributed by atoms with Crippen LogP contribution in [0.2, 0.25) is 0 Å². The lowest BCUT2D eigenvalue weighted by molar-refractivity contribution is -0.153. The first-order valence-corrected chi connectivity index (χ1v) is 6.09. The molecule has 1 unspecified atom stereocenters. The van der Waals surface area contributed by atoms with Crippen LogP contribution in [0.4, 0.5) is 18.9 Å². The number of anilines is 1. The van der Waals surface area contributed by atoms with E-state index >= 15 is 0 Å². The molecule has 5 nitrogen and oxygen atoms in total. The summed E-state index contributed by atoms with van der Waals surface area (Å²) < 4.78 is 41.3. The van der Waals surface area contributed by atoms with E-state index in [1.807, 2.05) is 0 Å². The number of para-hydroxylation sites is 2. The van der Waals surface area contributed by atoms with Crippen LogP contribution < -0.4 is 9.64 Å². The molecular weight excluding hydrogens is 291 g/mol. The average molecular weight is 303 g/mol. The Morgan fingerprint density at radius 2 is 2.05 bits per heavy atom. The predicted molar refractivity (Wildman–Crippen MR) is 66.1 cm³/mol. The van der Waals surface area contributed by atoms with Crippen LogP contribution >= 0.6 is 0 Å². The minimum absolute atomic E-state index is 0.0828. The van der Waals surface area contributed by atoms with Crippen molar-refractivity contribution in [2.24, 2.45) is 5.92 Å². The van der Waals surface area contributed by atoms with E-state index in [2.05, 4.69) is 0 Å². The second kappa shape index (κ2) is 5.63. The number of carboxylic acid groups (broad SMARTS) is 1. The Bertz CT molecular complexity index is 559. The van der Waals surface area contributed by atoms with Gasteiger partial charge in [-0.3, -0.25) is 9.59 Å². The van der Waals surface area contributed by atoms with E-state index in [1.165, 1.54) is 24.3 Å². The van der Waals surface area contributed by atoms with Crippen LogP contribution in [-0.2, 0) is 9.59 Å². The first kappa shape index (κ1) is 15.1. The van der Waals surface area contributed by atoms with E-state index < -0.39 is 30.6 Å². The number of nitrogens with zero attached hydrogens (tertiary/aromatic N) is 1. The zero-order valence-corrected chi connectivity index (χ0v) is 10.8. The molecule has 1 N–H and O–H groups in total. The van der Waals surface area contributed by atoms with Gasteiger partial charge in [-0.2, -0.15) is 13.2 Å². The summed E-state index contributed by atoms with van der Waals surface area (Å²) in [6.07, 6.45) is -4.67. The second-order valence-corrected chi connectivity index (χ2v) is 4.62. The minimum atomic E-state index is -4.49. The largest absolute Gasteiger partial charge is 0.482 e. The number of hydrogen-bond donors (Lipinski definition) is 1. The van der Waals surface area contributed by atoms with Crippen molar-refractivity contribution in [3.05, 3.63) is 24.3 Å². The smallest absolute Gasteiger partial charge is 0.422 e. The molecule has 1 aliphatic rings. The van der Waals surface area contributed by atoms with Gasteiger partial charge in [-0.25, -0.2) is 0 Å². The summed E-state index contributed by atoms with van der Waals surface area (Å²) in [5.41, 5.74) is 0.149. The number of carboxylic acids is 1. The highest BCUT2D eigenvalue weighted by Crippen LogP contribution is 2.33. The highest BCUT2D eigenvalue weighted by Gasteiger charge is 2.36. The number of alkyl halides is 3. The molecule has 1 fully saturated rings. The normalized spacial score (nSPS) is 18.9. The van der Waals surface area contributed by atoms with Gasteiger partial charge < -0.3 is 14.7 Å². The van der Waals surface area contributed by atoms with Gasteiger partial charge in [-0.15, -0.1) is 0 Å². The summed E-state index contributed by atoms with van der Waals surface area (Å²) in [5.74, 6) is -2.53. The van der Waals surface area contributed by atoms with E-state index in [0.717, 1.165) is 4.90 Å². The number of halogens is 3. The Balaban J connectivity index is 2.20. The van der Waals surface area contributed by atoms with Crippen molar-refractivity contribution in [1.82, 2.24) is 0 Å². The monoisotopic (exact) mass is 303 g/mol. The number of aliphatic carboxylic acids is 1. The van der Waals surface area contributed by atoms with Crippen molar-refractivity contribution in [1.29, 1.82) is 0 Å². The number of carbonyl (C=O) groups excluding carboxylic acids is 1. The summed E-state index contributed by atoms with van der Waals surface area (Å²) in [7, 11) is 0. The van der Waals surface area contributed by atoms with Gasteiger partial charge >= 0.3 is 12.1 Å². The van der Waals surface area contributed by atoms with Gasteiger partial charge in [-0.1, -0.05) is 12.1 Å². The number of benzene rings is 1. The summed E-state index contributed by atoms with van der Waals surface area (Å²) in [6, 6.07) is 5.75.